The number of nitrogens with one attached hydrogen (secondary N) is 1. The second-order valence-corrected chi connectivity index (χ2v) is 8.38. The number of para-hydroxylation sites is 3. The Bertz CT molecular complexity index is 1560. The topological polar surface area (TPSA) is 114 Å². The number of phenolic OH excluding ortho intramolecular Hbond substituents is 1. The first-order valence-electron chi connectivity index (χ1n) is 11.6. The fraction of sp³-hybridized carbons (Fsp3) is 0. The van der Waals surface area contributed by atoms with E-state index in [1.54, 1.807) is 84.9 Å². The Morgan fingerprint density at radius 1 is 0.769 bits per heavy atom. The Balaban J connectivity index is 1.41. The summed E-state index contributed by atoms with van der Waals surface area (Å²) in [5.41, 5.74) is 3.62. The Labute approximate surface area is 228 Å². The van der Waals surface area contributed by atoms with E-state index < -0.39 is 17.8 Å². The minimum Gasteiger partial charge on any atom is -0.507 e. The van der Waals surface area contributed by atoms with E-state index in [9.17, 15) is 19.5 Å². The summed E-state index contributed by atoms with van der Waals surface area (Å²) < 4.78 is 10.9. The average Bonchev–Trinajstić information content (AvgIpc) is 2.94. The first-order valence-corrected chi connectivity index (χ1v) is 12.0. The number of aromatic hydroxyl groups is 1. The van der Waals surface area contributed by atoms with Crippen LogP contribution >= 0.6 is 11.6 Å². The number of nitrogens with zero attached hydrogens (tertiary/aromatic N) is 1. The van der Waals surface area contributed by atoms with Crippen molar-refractivity contribution in [1.82, 2.24) is 5.43 Å². The van der Waals surface area contributed by atoms with Gasteiger partial charge in [0.15, 0.2) is 0 Å². The normalized spacial score (nSPS) is 10.9. The molecular formula is C30H21ClN2O6. The molecule has 0 aliphatic heterocycles. The van der Waals surface area contributed by atoms with Crippen molar-refractivity contribution in [2.24, 2.45) is 5.10 Å². The molecule has 0 bridgehead atoms. The highest BCUT2D eigenvalue weighted by Gasteiger charge is 2.12. The van der Waals surface area contributed by atoms with Crippen LogP contribution in [0.3, 0.4) is 0 Å². The molecule has 0 heterocycles. The molecule has 194 valence electrons. The van der Waals surface area contributed by atoms with Gasteiger partial charge in [-0.25, -0.2) is 15.0 Å². The quantitative estimate of drug-likeness (QED) is 0.0981. The molecule has 4 aromatic rings. The summed E-state index contributed by atoms with van der Waals surface area (Å²) in [6, 6.07) is 25.7. The summed E-state index contributed by atoms with van der Waals surface area (Å²) in [5, 5.41) is 14.2. The van der Waals surface area contributed by atoms with Crippen molar-refractivity contribution in [1.29, 1.82) is 0 Å². The minimum absolute atomic E-state index is 0.0682. The smallest absolute Gasteiger partial charge is 0.343 e. The molecule has 0 radical (unpaired) electrons. The predicted octanol–water partition coefficient (Wildman–Crippen LogP) is 5.65. The summed E-state index contributed by atoms with van der Waals surface area (Å²) >= 11 is 5.87. The monoisotopic (exact) mass is 540 g/mol. The number of esters is 2. The van der Waals surface area contributed by atoms with Crippen LogP contribution in [-0.4, -0.2) is 29.2 Å². The summed E-state index contributed by atoms with van der Waals surface area (Å²) in [6.45, 7) is 0. The van der Waals surface area contributed by atoms with E-state index in [2.05, 4.69) is 10.5 Å². The third-order valence-electron chi connectivity index (χ3n) is 5.25. The first kappa shape index (κ1) is 26.8. The molecule has 9 heteroatoms. The molecular weight excluding hydrogens is 520 g/mol. The molecule has 0 saturated heterocycles. The van der Waals surface area contributed by atoms with Crippen LogP contribution in [0.1, 0.15) is 31.8 Å². The molecule has 39 heavy (non-hydrogen) atoms. The fourth-order valence-electron chi connectivity index (χ4n) is 3.32. The lowest BCUT2D eigenvalue weighted by molar-refractivity contribution is -0.128. The third-order valence-corrected chi connectivity index (χ3v) is 5.50. The highest BCUT2D eigenvalue weighted by molar-refractivity contribution is 6.30. The maximum absolute atomic E-state index is 12.6. The molecule has 0 aliphatic carbocycles. The minimum atomic E-state index is -0.687. The number of halogens is 1. The molecule has 8 nitrogen and oxygen atoms in total. The highest BCUT2D eigenvalue weighted by atomic mass is 35.5. The van der Waals surface area contributed by atoms with Gasteiger partial charge < -0.3 is 14.6 Å². The summed E-state index contributed by atoms with van der Waals surface area (Å²) in [6.07, 6.45) is 3.98. The zero-order chi connectivity index (χ0) is 27.6. The van der Waals surface area contributed by atoms with Gasteiger partial charge in [0.25, 0.3) is 5.91 Å². The van der Waals surface area contributed by atoms with Gasteiger partial charge in [0.05, 0.1) is 17.3 Å². The van der Waals surface area contributed by atoms with Crippen molar-refractivity contribution < 1.29 is 29.0 Å². The van der Waals surface area contributed by atoms with Crippen LogP contribution in [0.4, 0.5) is 0 Å². The standard InChI is InChI=1S/C30H21ClN2O6/c31-23-16-13-21(14-17-23)30(37)39-26-11-5-1-7-20(26)15-18-28(35)38-27-12-6-2-8-22(27)19-32-33-29(36)24-9-3-4-10-25(24)34/h1-19,34H,(H,33,36)/b18-15+,32-19+. The van der Waals surface area contributed by atoms with Crippen molar-refractivity contribution in [2.75, 3.05) is 0 Å². The Hall–Kier alpha value is -5.21. The lowest BCUT2D eigenvalue weighted by atomic mass is 10.2. The molecule has 2 N–H and O–H groups in total. The summed E-state index contributed by atoms with van der Waals surface area (Å²) in [4.78, 5) is 37.3. The van der Waals surface area contributed by atoms with E-state index >= 15 is 0 Å². The fourth-order valence-corrected chi connectivity index (χ4v) is 3.45. The van der Waals surface area contributed by atoms with Crippen LogP contribution in [0.5, 0.6) is 17.2 Å². The van der Waals surface area contributed by atoms with Crippen LogP contribution in [0.15, 0.2) is 108 Å². The summed E-state index contributed by atoms with van der Waals surface area (Å²) in [5.74, 6) is -1.57. The number of amides is 1. The number of hydrogen-bond acceptors (Lipinski definition) is 7. The molecule has 0 unspecified atom stereocenters. The van der Waals surface area contributed by atoms with Crippen LogP contribution in [0, 0.1) is 0 Å². The van der Waals surface area contributed by atoms with Gasteiger partial charge in [0.1, 0.15) is 17.2 Å². The zero-order valence-corrected chi connectivity index (χ0v) is 21.0. The van der Waals surface area contributed by atoms with Crippen LogP contribution < -0.4 is 14.9 Å². The number of carbonyl (C=O) groups is 3. The maximum Gasteiger partial charge on any atom is 0.343 e. The zero-order valence-electron chi connectivity index (χ0n) is 20.3. The van der Waals surface area contributed by atoms with Gasteiger partial charge in [-0.3, -0.25) is 4.79 Å². The van der Waals surface area contributed by atoms with E-state index in [1.807, 2.05) is 0 Å². The Morgan fingerprint density at radius 2 is 1.38 bits per heavy atom. The molecule has 0 aliphatic rings. The third kappa shape index (κ3) is 7.41. The van der Waals surface area contributed by atoms with E-state index in [4.69, 9.17) is 21.1 Å². The highest BCUT2D eigenvalue weighted by Crippen LogP contribution is 2.22. The number of ether oxygens (including phenoxy) is 2. The van der Waals surface area contributed by atoms with Crippen molar-refractivity contribution in [3.05, 3.63) is 130 Å². The Kier molecular flexibility index (Phi) is 8.84. The first-order chi connectivity index (χ1) is 18.9. The number of hydrogen-bond donors (Lipinski definition) is 2. The van der Waals surface area contributed by atoms with Gasteiger partial charge in [0.2, 0.25) is 0 Å². The van der Waals surface area contributed by atoms with Gasteiger partial charge in [-0.2, -0.15) is 5.10 Å². The van der Waals surface area contributed by atoms with Crippen LogP contribution in [-0.2, 0) is 4.79 Å². The van der Waals surface area contributed by atoms with Crippen molar-refractivity contribution in [3.63, 3.8) is 0 Å². The lowest BCUT2D eigenvalue weighted by Crippen LogP contribution is -2.17. The Morgan fingerprint density at radius 3 is 2.10 bits per heavy atom. The van der Waals surface area contributed by atoms with Crippen molar-refractivity contribution >= 4 is 41.7 Å². The van der Waals surface area contributed by atoms with Crippen LogP contribution in [0.2, 0.25) is 5.02 Å². The number of benzene rings is 4. The largest absolute Gasteiger partial charge is 0.507 e. The maximum atomic E-state index is 12.6. The predicted molar refractivity (Wildman–Crippen MR) is 147 cm³/mol. The van der Waals surface area contributed by atoms with Gasteiger partial charge >= 0.3 is 11.9 Å². The number of phenols is 1. The second kappa shape index (κ2) is 12.8. The number of hydrazone groups is 1. The molecule has 4 rings (SSSR count). The number of rotatable bonds is 8. The van der Waals surface area contributed by atoms with E-state index in [-0.39, 0.29) is 22.8 Å². The van der Waals surface area contributed by atoms with Crippen molar-refractivity contribution in [3.8, 4) is 17.2 Å². The molecule has 1 amide bonds. The van der Waals surface area contributed by atoms with E-state index in [1.165, 1.54) is 30.5 Å². The molecule has 4 aromatic carbocycles. The SMILES string of the molecule is O=C(/C=C/c1ccccc1OC(=O)c1ccc(Cl)cc1)Oc1ccccc1/C=N/NC(=O)c1ccccc1O. The molecule has 0 saturated carbocycles. The van der Waals surface area contributed by atoms with E-state index in [0.717, 1.165) is 0 Å². The van der Waals surface area contributed by atoms with Gasteiger partial charge in [-0.05, 0) is 60.7 Å². The number of carbonyl (C=O) groups excluding carboxylic acids is 3. The molecule has 0 atom stereocenters. The summed E-state index contributed by atoms with van der Waals surface area (Å²) in [7, 11) is 0. The van der Waals surface area contributed by atoms with Gasteiger partial charge in [-0.1, -0.05) is 54.1 Å². The molecule has 0 spiro atoms. The molecule has 0 fully saturated rings. The molecule has 0 aromatic heterocycles. The van der Waals surface area contributed by atoms with E-state index in [0.29, 0.717) is 21.7 Å². The van der Waals surface area contributed by atoms with Crippen molar-refractivity contribution in [2.45, 2.75) is 0 Å². The van der Waals surface area contributed by atoms with Gasteiger partial charge in [-0.15, -0.1) is 0 Å². The second-order valence-electron chi connectivity index (χ2n) is 7.94. The van der Waals surface area contributed by atoms with Crippen LogP contribution in [0.25, 0.3) is 6.08 Å². The average molecular weight is 541 g/mol. The van der Waals surface area contributed by atoms with Gasteiger partial charge in [0, 0.05) is 22.2 Å². The lowest BCUT2D eigenvalue weighted by Gasteiger charge is -2.08.